The second-order valence-electron chi connectivity index (χ2n) is 17.3. The van der Waals surface area contributed by atoms with Crippen molar-refractivity contribution in [1.29, 1.82) is 0 Å². The number of rotatable bonds is 12. The maximum Gasteiger partial charge on any atom is 1.00 e. The van der Waals surface area contributed by atoms with Crippen molar-refractivity contribution in [3.05, 3.63) is 144 Å². The number of amides is 3. The third-order valence-electron chi connectivity index (χ3n) is 12.0. The average molecular weight is 1380 g/mol. The van der Waals surface area contributed by atoms with Crippen LogP contribution in [-0.4, -0.2) is 166 Å². The fraction of sp³-hybridized carbons (Fsp3) is 0.188. The van der Waals surface area contributed by atoms with Gasteiger partial charge < -0.3 is 29.7 Å². The van der Waals surface area contributed by atoms with Gasteiger partial charge >= 0.3 is 88.7 Å². The molecule has 450 valence electrons. The molecule has 0 saturated heterocycles. The van der Waals surface area contributed by atoms with Gasteiger partial charge in [0.25, 0.3) is 17.7 Å². The summed E-state index contributed by atoms with van der Waals surface area (Å²) >= 11 is 0. The van der Waals surface area contributed by atoms with E-state index in [-0.39, 0.29) is 191 Å². The van der Waals surface area contributed by atoms with E-state index in [0.717, 1.165) is 15.0 Å². The topological polar surface area (TPSA) is 497 Å². The smallest absolute Gasteiger partial charge is 0.543 e. The number of nitrogens with zero attached hydrogens (tertiary/aromatic N) is 12. The van der Waals surface area contributed by atoms with Crippen LogP contribution in [-0.2, 0) is 90.5 Å². The van der Waals surface area contributed by atoms with Crippen LogP contribution in [0.3, 0.4) is 0 Å². The van der Waals surface area contributed by atoms with E-state index in [1.54, 1.807) is 0 Å². The molecule has 3 unspecified atom stereocenters. The van der Waals surface area contributed by atoms with Crippen molar-refractivity contribution in [3.8, 4) is 0 Å². The molecule has 33 nitrogen and oxygen atoms in total. The Hall–Kier alpha value is -7.35. The number of hydrogen-bond donors (Lipinski definition) is 0. The van der Waals surface area contributed by atoms with Gasteiger partial charge in [-0.05, 0) is 72.9 Å². The first-order valence-corrected chi connectivity index (χ1v) is 30.4. The van der Waals surface area contributed by atoms with Crippen LogP contribution in [0.5, 0.6) is 0 Å². The molecule has 3 amide bonds. The van der Waals surface area contributed by atoms with Crippen LogP contribution in [0.2, 0.25) is 0 Å². The molecule has 9 rings (SSSR count). The molecule has 3 atom stereocenters. The maximum absolute atomic E-state index is 12.6. The quantitative estimate of drug-likeness (QED) is 0.0994. The molecular weight excluding hydrogens is 1340 g/mol. The van der Waals surface area contributed by atoms with Crippen molar-refractivity contribution in [1.82, 2.24) is 15.0 Å². The zero-order valence-electron chi connectivity index (χ0n) is 46.3. The van der Waals surface area contributed by atoms with Gasteiger partial charge in [-0.3, -0.25) is 14.4 Å². The van der Waals surface area contributed by atoms with Gasteiger partial charge in [-0.2, -0.15) is 112 Å². The summed E-state index contributed by atoms with van der Waals surface area (Å²) in [6, 6.07) is -4.66. The Balaban J connectivity index is 0.000000284. The zero-order chi connectivity index (χ0) is 63.4. The number of carboxylic acid groups (broad SMARTS) is 3. The van der Waals surface area contributed by atoms with E-state index in [9.17, 15) is 94.6 Å². The summed E-state index contributed by atoms with van der Waals surface area (Å²) < 4.78 is 131. The molecule has 0 bridgehead atoms. The van der Waals surface area contributed by atoms with Gasteiger partial charge in [-0.25, -0.2) is 0 Å². The number of carbonyl (C=O) groups excluding carboxylic acids is 6. The first kappa shape index (κ1) is 75.1. The van der Waals surface area contributed by atoms with Gasteiger partial charge in [0.2, 0.25) is 61.8 Å². The fourth-order valence-corrected chi connectivity index (χ4v) is 9.98. The predicted molar refractivity (Wildman–Crippen MR) is 298 cm³/mol. The van der Waals surface area contributed by atoms with Crippen molar-refractivity contribution in [2.45, 2.75) is 56.7 Å². The zero-order valence-corrected chi connectivity index (χ0v) is 57.2. The van der Waals surface area contributed by atoms with Crippen LogP contribution >= 0.6 is 0 Å². The number of hydrazone groups is 3. The summed E-state index contributed by atoms with van der Waals surface area (Å²) in [6.07, 6.45) is 24.7. The first-order valence-electron chi connectivity index (χ1n) is 24.0. The maximum atomic E-state index is 12.6. The van der Waals surface area contributed by atoms with E-state index in [4.69, 9.17) is 0 Å². The Kier molecular flexibility index (Phi) is 28.5. The Bertz CT molecular complexity index is 4230. The minimum Gasteiger partial charge on any atom is -0.543 e. The normalized spacial score (nSPS) is 20.7. The molecule has 42 heteroatoms. The molecular formula is C48H33N12Na3O21S6. The number of carbonyl (C=O) groups is 6. The number of aliphatic carboxylic acids is 3. The van der Waals surface area contributed by atoms with Crippen molar-refractivity contribution in [2.75, 3.05) is 0 Å². The van der Waals surface area contributed by atoms with Crippen LogP contribution in [0.1, 0.15) is 38.5 Å². The van der Waals surface area contributed by atoms with Crippen LogP contribution in [0, 0.1) is 0 Å². The Morgan fingerprint density at radius 1 is 0.344 bits per heavy atom. The molecule has 0 aromatic heterocycles. The van der Waals surface area contributed by atoms with Crippen LogP contribution < -0.4 is 104 Å². The van der Waals surface area contributed by atoms with Gasteiger partial charge in [-0.1, -0.05) is 36.5 Å². The molecule has 0 saturated carbocycles. The van der Waals surface area contributed by atoms with Gasteiger partial charge in [-0.15, -0.1) is 0 Å². The second kappa shape index (κ2) is 34.2. The Morgan fingerprint density at radius 2 is 0.544 bits per heavy atom. The third-order valence-corrected chi connectivity index (χ3v) is 16.3. The molecule has 9 aliphatic rings. The van der Waals surface area contributed by atoms with Crippen molar-refractivity contribution >= 4 is 144 Å². The van der Waals surface area contributed by atoms with Gasteiger partial charge in [0.1, 0.15) is 17.1 Å². The number of azo groups is 3. The summed E-state index contributed by atoms with van der Waals surface area (Å²) in [7, 11) is -14.3. The van der Waals surface area contributed by atoms with E-state index in [0.29, 0.717) is 0 Å². The van der Waals surface area contributed by atoms with Gasteiger partial charge in [0.05, 0.1) is 81.3 Å². The molecule has 3 aliphatic heterocycles. The summed E-state index contributed by atoms with van der Waals surface area (Å²) in [4.78, 5) is 72.6. The fourth-order valence-electron chi connectivity index (χ4n) is 7.58. The molecule has 0 aromatic carbocycles. The number of carboxylic acids is 3. The molecule has 0 radical (unpaired) electrons. The first-order chi connectivity index (χ1) is 41.3. The molecule has 0 spiro atoms. The summed E-state index contributed by atoms with van der Waals surface area (Å²) in [5, 5.41) is 70.2. The predicted octanol–water partition coefficient (Wildman–Crippen LogP) is -13.4. The van der Waals surface area contributed by atoms with Crippen molar-refractivity contribution in [3.63, 3.8) is 0 Å². The van der Waals surface area contributed by atoms with E-state index in [2.05, 4.69) is 46.0 Å². The summed E-state index contributed by atoms with van der Waals surface area (Å²) in [5.41, 5.74) is -0.638. The molecule has 0 N–H and O–H groups in total. The Labute approximate surface area is 582 Å². The van der Waals surface area contributed by atoms with Gasteiger partial charge in [0.15, 0.2) is 18.1 Å². The Morgan fingerprint density at radius 3 is 0.700 bits per heavy atom. The monoisotopic (exact) mass is 1370 g/mol. The van der Waals surface area contributed by atoms with E-state index in [1.807, 2.05) is 0 Å². The SMILES string of the molecule is O=C([O-])C1=NN(C2=CCC(=S(=O)=O)C=C2)C(=O)C1N=NC1=CCC(=S(=O)=O)C=C1.O=C([O-])C1=NN(C2=CCC(=S(=O)=O)C=C2)C(=O)C1N=NC1=CCC(=S(=O)=O)C=C1.O=C([O-])C1=NN(C2=CCC(=S(=O)=O)C=C2)C(=O)C1N=NC1=CCC(=S(=O)=O)C=C1.[Na+].[Na+].[Na+]. The molecule has 3 heterocycles. The van der Waals surface area contributed by atoms with E-state index < -0.39 is 133 Å². The van der Waals surface area contributed by atoms with Gasteiger partial charge in [0, 0.05) is 38.5 Å². The largest absolute Gasteiger partial charge is 1.00 e. The average Bonchev–Trinajstić information content (AvgIpc) is 3.36. The van der Waals surface area contributed by atoms with E-state index >= 15 is 0 Å². The molecule has 90 heavy (non-hydrogen) atoms. The number of hydrogen-bond acceptors (Lipinski definition) is 30. The van der Waals surface area contributed by atoms with Crippen LogP contribution in [0.15, 0.2) is 190 Å². The standard InChI is InChI=1S/3C16H12N4O7S2.3Na/c3*21-15-13(18-17-9-1-5-11(6-2-9)28(24)25)14(16(22)23)19-20(15)10-3-7-12(8-4-10)29(26)27;;;/h3*1-5,7,13H,6,8H2,(H,22,23);;;/q;;;3*+1/p-3. The van der Waals surface area contributed by atoms with Crippen LogP contribution in [0.4, 0.5) is 0 Å². The molecule has 0 fully saturated rings. The molecule has 6 aliphatic carbocycles. The third kappa shape index (κ3) is 19.1. The van der Waals surface area contributed by atoms with Crippen molar-refractivity contribution in [2.24, 2.45) is 46.0 Å². The minimum absolute atomic E-state index is 0. The van der Waals surface area contributed by atoms with Crippen molar-refractivity contribution < 1.29 is 183 Å². The second-order valence-corrected chi connectivity index (χ2v) is 23.3. The molecule has 0 aromatic rings. The number of allylic oxidation sites excluding steroid dienone is 18. The minimum atomic E-state index is -2.40. The van der Waals surface area contributed by atoms with Crippen LogP contribution in [0.25, 0.3) is 0 Å². The summed E-state index contributed by atoms with van der Waals surface area (Å²) in [6.45, 7) is 0. The van der Waals surface area contributed by atoms with E-state index in [1.165, 1.54) is 109 Å². The summed E-state index contributed by atoms with van der Waals surface area (Å²) in [5.74, 6) is -7.52.